The standard InChI is InChI=1S/C12H18N2O2S2/c1-9-2-3-11(8-12(9)13)18(15,16)14-10-4-6-17-7-5-10/h2-3,8,10,14H,4-7,13H2,1H3. The van der Waals surface area contributed by atoms with Crippen LogP contribution in [0.2, 0.25) is 0 Å². The monoisotopic (exact) mass is 286 g/mol. The van der Waals surface area contributed by atoms with Gasteiger partial charge in [-0.25, -0.2) is 13.1 Å². The maximum Gasteiger partial charge on any atom is 0.240 e. The first-order chi connectivity index (χ1) is 8.49. The van der Waals surface area contributed by atoms with E-state index in [1.807, 2.05) is 18.7 Å². The van der Waals surface area contributed by atoms with Crippen molar-refractivity contribution >= 4 is 27.5 Å². The van der Waals surface area contributed by atoms with Crippen LogP contribution >= 0.6 is 11.8 Å². The van der Waals surface area contributed by atoms with Crippen molar-refractivity contribution in [2.45, 2.75) is 30.7 Å². The van der Waals surface area contributed by atoms with Gasteiger partial charge in [0, 0.05) is 11.7 Å². The molecule has 3 N–H and O–H groups in total. The molecule has 0 bridgehead atoms. The SMILES string of the molecule is Cc1ccc(S(=O)(=O)NC2CCSCC2)cc1N. The summed E-state index contributed by atoms with van der Waals surface area (Å²) in [6.45, 7) is 1.86. The summed E-state index contributed by atoms with van der Waals surface area (Å²) in [5.74, 6) is 2.03. The summed E-state index contributed by atoms with van der Waals surface area (Å²) in [6.07, 6.45) is 1.79. The molecule has 1 aliphatic heterocycles. The molecule has 0 aromatic heterocycles. The molecule has 1 saturated heterocycles. The molecule has 1 heterocycles. The van der Waals surface area contributed by atoms with Crippen LogP contribution in [0.25, 0.3) is 0 Å². The number of benzene rings is 1. The highest BCUT2D eigenvalue weighted by atomic mass is 32.2. The summed E-state index contributed by atoms with van der Waals surface area (Å²) in [6, 6.07) is 4.92. The number of nitrogens with two attached hydrogens (primary N) is 1. The smallest absolute Gasteiger partial charge is 0.240 e. The van der Waals surface area contributed by atoms with Gasteiger partial charge in [0.2, 0.25) is 10.0 Å². The number of nitrogen functional groups attached to an aromatic ring is 1. The molecule has 1 aromatic carbocycles. The summed E-state index contributed by atoms with van der Waals surface area (Å²) in [5, 5.41) is 0. The van der Waals surface area contributed by atoms with Crippen LogP contribution < -0.4 is 10.5 Å². The predicted molar refractivity (Wildman–Crippen MR) is 76.3 cm³/mol. The number of thioether (sulfide) groups is 1. The fourth-order valence-corrected chi connectivity index (χ4v) is 4.34. The van der Waals surface area contributed by atoms with Crippen molar-refractivity contribution < 1.29 is 8.42 Å². The van der Waals surface area contributed by atoms with Crippen LogP contribution in [-0.4, -0.2) is 26.0 Å². The van der Waals surface area contributed by atoms with Crippen molar-refractivity contribution in [3.63, 3.8) is 0 Å². The third kappa shape index (κ3) is 3.18. The van der Waals surface area contributed by atoms with Crippen molar-refractivity contribution in [3.05, 3.63) is 23.8 Å². The van der Waals surface area contributed by atoms with Crippen molar-refractivity contribution in [3.8, 4) is 0 Å². The Kier molecular flexibility index (Phi) is 4.19. The molecule has 1 aromatic rings. The largest absolute Gasteiger partial charge is 0.398 e. The van der Waals surface area contributed by atoms with Gasteiger partial charge in [-0.05, 0) is 49.0 Å². The Balaban J connectivity index is 2.16. The first-order valence-electron chi connectivity index (χ1n) is 5.95. The molecule has 0 unspecified atom stereocenters. The zero-order valence-corrected chi connectivity index (χ0v) is 12.0. The highest BCUT2D eigenvalue weighted by Crippen LogP contribution is 2.21. The van der Waals surface area contributed by atoms with E-state index in [1.54, 1.807) is 12.1 Å². The van der Waals surface area contributed by atoms with Crippen molar-refractivity contribution in [2.24, 2.45) is 0 Å². The van der Waals surface area contributed by atoms with Gasteiger partial charge in [-0.1, -0.05) is 6.07 Å². The first kappa shape index (κ1) is 13.7. The molecule has 0 spiro atoms. The number of anilines is 1. The minimum absolute atomic E-state index is 0.0544. The molecular weight excluding hydrogens is 268 g/mol. The third-order valence-electron chi connectivity index (χ3n) is 3.10. The molecule has 0 radical (unpaired) electrons. The molecule has 1 aliphatic rings. The van der Waals surface area contributed by atoms with Gasteiger partial charge in [0.1, 0.15) is 0 Å². The number of sulfonamides is 1. The Hall–Kier alpha value is -0.720. The van der Waals surface area contributed by atoms with E-state index < -0.39 is 10.0 Å². The maximum absolute atomic E-state index is 12.2. The summed E-state index contributed by atoms with van der Waals surface area (Å²) in [7, 11) is -3.44. The fraction of sp³-hybridized carbons (Fsp3) is 0.500. The van der Waals surface area contributed by atoms with E-state index in [0.29, 0.717) is 5.69 Å². The lowest BCUT2D eigenvalue weighted by Gasteiger charge is -2.22. The highest BCUT2D eigenvalue weighted by Gasteiger charge is 2.22. The Morgan fingerprint density at radius 1 is 1.33 bits per heavy atom. The number of rotatable bonds is 3. The molecule has 0 aliphatic carbocycles. The lowest BCUT2D eigenvalue weighted by atomic mass is 10.2. The van der Waals surface area contributed by atoms with E-state index in [-0.39, 0.29) is 10.9 Å². The average Bonchev–Trinajstić information content (AvgIpc) is 2.33. The first-order valence-corrected chi connectivity index (χ1v) is 8.59. The van der Waals surface area contributed by atoms with Gasteiger partial charge >= 0.3 is 0 Å². The predicted octanol–water partition coefficient (Wildman–Crippen LogP) is 1.75. The molecule has 0 saturated carbocycles. The zero-order valence-electron chi connectivity index (χ0n) is 10.3. The Bertz CT molecular complexity index is 523. The minimum Gasteiger partial charge on any atom is -0.398 e. The van der Waals surface area contributed by atoms with Gasteiger partial charge in [-0.3, -0.25) is 0 Å². The van der Waals surface area contributed by atoms with E-state index in [9.17, 15) is 8.42 Å². The van der Waals surface area contributed by atoms with Crippen molar-refractivity contribution in [1.82, 2.24) is 4.72 Å². The molecule has 4 nitrogen and oxygen atoms in total. The number of hydrogen-bond donors (Lipinski definition) is 2. The average molecular weight is 286 g/mol. The lowest BCUT2D eigenvalue weighted by Crippen LogP contribution is -2.37. The molecule has 0 amide bonds. The normalized spacial score (nSPS) is 17.8. The van der Waals surface area contributed by atoms with Crippen molar-refractivity contribution in [2.75, 3.05) is 17.2 Å². The van der Waals surface area contributed by atoms with E-state index in [2.05, 4.69) is 4.72 Å². The molecular formula is C12H18N2O2S2. The second-order valence-corrected chi connectivity index (χ2v) is 7.47. The van der Waals surface area contributed by atoms with Crippen LogP contribution in [-0.2, 0) is 10.0 Å². The highest BCUT2D eigenvalue weighted by molar-refractivity contribution is 7.99. The summed E-state index contributed by atoms with van der Waals surface area (Å²) >= 11 is 1.87. The van der Waals surface area contributed by atoms with Crippen LogP contribution in [0.1, 0.15) is 18.4 Å². The zero-order chi connectivity index (χ0) is 13.2. The second-order valence-electron chi connectivity index (χ2n) is 4.53. The van der Waals surface area contributed by atoms with Crippen LogP contribution in [0.4, 0.5) is 5.69 Å². The lowest BCUT2D eigenvalue weighted by molar-refractivity contribution is 0.529. The van der Waals surface area contributed by atoms with Gasteiger partial charge < -0.3 is 5.73 Å². The van der Waals surface area contributed by atoms with Crippen LogP contribution in [0.15, 0.2) is 23.1 Å². The second kappa shape index (κ2) is 5.50. The fourth-order valence-electron chi connectivity index (χ4n) is 1.89. The van der Waals surface area contributed by atoms with Gasteiger partial charge in [0.05, 0.1) is 4.90 Å². The van der Waals surface area contributed by atoms with Gasteiger partial charge in [0.25, 0.3) is 0 Å². The summed E-state index contributed by atoms with van der Waals surface area (Å²) in [4.78, 5) is 0.254. The van der Waals surface area contributed by atoms with Crippen molar-refractivity contribution in [1.29, 1.82) is 0 Å². The number of nitrogens with one attached hydrogen (secondary N) is 1. The van der Waals surface area contributed by atoms with Gasteiger partial charge in [0.15, 0.2) is 0 Å². The maximum atomic E-state index is 12.2. The number of aryl methyl sites for hydroxylation is 1. The third-order valence-corrected chi connectivity index (χ3v) is 5.67. The van der Waals surface area contributed by atoms with E-state index >= 15 is 0 Å². The van der Waals surface area contributed by atoms with Crippen LogP contribution in [0, 0.1) is 6.92 Å². The minimum atomic E-state index is -3.44. The van der Waals surface area contributed by atoms with Gasteiger partial charge in [-0.2, -0.15) is 11.8 Å². The Labute approximate surface area is 112 Å². The summed E-state index contributed by atoms with van der Waals surface area (Å²) in [5.41, 5.74) is 7.16. The van der Waals surface area contributed by atoms with E-state index in [0.717, 1.165) is 29.9 Å². The molecule has 0 atom stereocenters. The van der Waals surface area contributed by atoms with Crippen LogP contribution in [0.3, 0.4) is 0 Å². The van der Waals surface area contributed by atoms with Crippen LogP contribution in [0.5, 0.6) is 0 Å². The summed E-state index contributed by atoms with van der Waals surface area (Å²) < 4.78 is 27.1. The quantitative estimate of drug-likeness (QED) is 0.830. The topological polar surface area (TPSA) is 72.2 Å². The molecule has 18 heavy (non-hydrogen) atoms. The Morgan fingerprint density at radius 2 is 2.00 bits per heavy atom. The molecule has 100 valence electrons. The van der Waals surface area contributed by atoms with Gasteiger partial charge in [-0.15, -0.1) is 0 Å². The van der Waals surface area contributed by atoms with E-state index in [4.69, 9.17) is 5.73 Å². The molecule has 1 fully saturated rings. The Morgan fingerprint density at radius 3 is 2.61 bits per heavy atom. The molecule has 2 rings (SSSR count). The van der Waals surface area contributed by atoms with E-state index in [1.165, 1.54) is 6.07 Å². The molecule has 6 heteroatoms. The number of hydrogen-bond acceptors (Lipinski definition) is 4.